The van der Waals surface area contributed by atoms with Crippen molar-refractivity contribution in [1.82, 2.24) is 9.97 Å². The molecule has 0 bridgehead atoms. The first-order valence-electron chi connectivity index (χ1n) is 6.78. The van der Waals surface area contributed by atoms with Crippen LogP contribution >= 0.6 is 0 Å². The monoisotopic (exact) mass is 316 g/mol. The van der Waals surface area contributed by atoms with Gasteiger partial charge in [-0.05, 0) is 29.8 Å². The number of nitrogens with one attached hydrogen (secondary N) is 1. The quantitative estimate of drug-likeness (QED) is 0.773. The highest BCUT2D eigenvalue weighted by atomic mass is 19.4. The van der Waals surface area contributed by atoms with Gasteiger partial charge in [-0.25, -0.2) is 4.98 Å². The molecule has 0 atom stereocenters. The van der Waals surface area contributed by atoms with Crippen molar-refractivity contribution in [2.45, 2.75) is 6.18 Å². The van der Waals surface area contributed by atoms with E-state index in [-0.39, 0.29) is 11.3 Å². The summed E-state index contributed by atoms with van der Waals surface area (Å²) in [5.41, 5.74) is -0.0332. The number of alkyl halides is 3. The van der Waals surface area contributed by atoms with E-state index in [4.69, 9.17) is 0 Å². The van der Waals surface area contributed by atoms with Crippen molar-refractivity contribution in [2.75, 3.05) is 0 Å². The molecule has 0 aliphatic carbocycles. The molecule has 0 unspecified atom stereocenters. The zero-order valence-corrected chi connectivity index (χ0v) is 11.8. The van der Waals surface area contributed by atoms with Crippen LogP contribution in [0.25, 0.3) is 23.2 Å². The number of nitrogens with zero attached hydrogens (tertiary/aromatic N) is 1. The first kappa shape index (κ1) is 15.0. The van der Waals surface area contributed by atoms with Gasteiger partial charge in [0.1, 0.15) is 5.69 Å². The first-order valence-corrected chi connectivity index (χ1v) is 6.78. The second-order valence-electron chi connectivity index (χ2n) is 4.89. The van der Waals surface area contributed by atoms with Crippen LogP contribution in [0.3, 0.4) is 0 Å². The molecule has 23 heavy (non-hydrogen) atoms. The second-order valence-corrected chi connectivity index (χ2v) is 4.89. The molecular formula is C17H11F3N2O. The number of hydrogen-bond acceptors (Lipinski definition) is 2. The molecule has 116 valence electrons. The van der Waals surface area contributed by atoms with E-state index in [2.05, 4.69) is 9.97 Å². The number of benzene rings is 2. The number of H-pyrrole nitrogens is 1. The molecule has 0 aliphatic rings. The van der Waals surface area contributed by atoms with Gasteiger partial charge in [-0.1, -0.05) is 36.4 Å². The highest BCUT2D eigenvalue weighted by Crippen LogP contribution is 2.32. The lowest BCUT2D eigenvalue weighted by Gasteiger charge is -2.09. The van der Waals surface area contributed by atoms with Gasteiger partial charge in [0.2, 0.25) is 0 Å². The van der Waals surface area contributed by atoms with Crippen LogP contribution in [0, 0.1) is 0 Å². The van der Waals surface area contributed by atoms with Crippen molar-refractivity contribution in [1.29, 1.82) is 0 Å². The van der Waals surface area contributed by atoms with Gasteiger partial charge >= 0.3 is 6.18 Å². The fourth-order valence-electron chi connectivity index (χ4n) is 2.23. The zero-order chi connectivity index (χ0) is 16.4. The number of aromatic nitrogens is 2. The first-order chi connectivity index (χ1) is 10.9. The Hall–Kier alpha value is -2.89. The van der Waals surface area contributed by atoms with E-state index < -0.39 is 17.3 Å². The van der Waals surface area contributed by atoms with Gasteiger partial charge in [0, 0.05) is 0 Å². The number of para-hydroxylation sites is 2. The van der Waals surface area contributed by atoms with Crippen molar-refractivity contribution >= 4 is 23.2 Å². The molecular weight excluding hydrogens is 305 g/mol. The van der Waals surface area contributed by atoms with Crippen LogP contribution in [-0.2, 0) is 6.18 Å². The Morgan fingerprint density at radius 2 is 1.65 bits per heavy atom. The van der Waals surface area contributed by atoms with Gasteiger partial charge in [0.05, 0.1) is 16.6 Å². The molecule has 3 rings (SSSR count). The fraction of sp³-hybridized carbons (Fsp3) is 0.0588. The number of hydrogen-bond donors (Lipinski definition) is 1. The van der Waals surface area contributed by atoms with E-state index in [1.54, 1.807) is 24.3 Å². The molecule has 0 fully saturated rings. The van der Waals surface area contributed by atoms with Crippen LogP contribution in [0.5, 0.6) is 0 Å². The summed E-state index contributed by atoms with van der Waals surface area (Å²) in [5.74, 6) is 0. The highest BCUT2D eigenvalue weighted by Gasteiger charge is 2.32. The van der Waals surface area contributed by atoms with Crippen LogP contribution in [0.4, 0.5) is 13.2 Å². The minimum Gasteiger partial charge on any atom is -0.319 e. The van der Waals surface area contributed by atoms with Gasteiger partial charge in [0.15, 0.2) is 0 Å². The predicted molar refractivity (Wildman–Crippen MR) is 82.7 cm³/mol. The fourth-order valence-corrected chi connectivity index (χ4v) is 2.23. The molecule has 0 saturated carbocycles. The number of rotatable bonds is 2. The maximum atomic E-state index is 12.9. The minimum absolute atomic E-state index is 0.0191. The maximum Gasteiger partial charge on any atom is 0.416 e. The van der Waals surface area contributed by atoms with Crippen LogP contribution in [0.1, 0.15) is 16.8 Å². The molecule has 0 radical (unpaired) electrons. The molecule has 6 heteroatoms. The largest absolute Gasteiger partial charge is 0.416 e. The van der Waals surface area contributed by atoms with Crippen LogP contribution in [0.2, 0.25) is 0 Å². The Morgan fingerprint density at radius 3 is 2.43 bits per heavy atom. The Balaban J connectivity index is 2.05. The lowest BCUT2D eigenvalue weighted by atomic mass is 10.1. The highest BCUT2D eigenvalue weighted by molar-refractivity contribution is 5.77. The van der Waals surface area contributed by atoms with Crippen LogP contribution < -0.4 is 5.56 Å². The van der Waals surface area contributed by atoms with E-state index in [9.17, 15) is 18.0 Å². The molecule has 0 saturated heterocycles. The number of halogens is 3. The smallest absolute Gasteiger partial charge is 0.319 e. The SMILES string of the molecule is O=c1[nH]c2ccccc2nc1C=Cc1ccccc1C(F)(F)F. The summed E-state index contributed by atoms with van der Waals surface area (Å²) < 4.78 is 38.8. The lowest BCUT2D eigenvalue weighted by Crippen LogP contribution is -2.11. The molecule has 1 N–H and O–H groups in total. The van der Waals surface area contributed by atoms with Gasteiger partial charge in [0.25, 0.3) is 5.56 Å². The Kier molecular flexibility index (Phi) is 3.73. The molecule has 1 aromatic heterocycles. The summed E-state index contributed by atoms with van der Waals surface area (Å²) in [4.78, 5) is 18.8. The van der Waals surface area contributed by atoms with E-state index in [1.165, 1.54) is 30.4 Å². The van der Waals surface area contributed by atoms with E-state index in [1.807, 2.05) is 0 Å². The molecule has 1 heterocycles. The Bertz CT molecular complexity index is 942. The number of fused-ring (bicyclic) bond motifs is 1. The number of aromatic amines is 1. The van der Waals surface area contributed by atoms with Crippen LogP contribution in [0.15, 0.2) is 53.3 Å². The van der Waals surface area contributed by atoms with E-state index in [0.717, 1.165) is 6.07 Å². The van der Waals surface area contributed by atoms with Gasteiger partial charge in [-0.15, -0.1) is 0 Å². The molecule has 3 aromatic rings. The average molecular weight is 316 g/mol. The third kappa shape index (κ3) is 3.15. The Morgan fingerprint density at radius 1 is 0.957 bits per heavy atom. The zero-order valence-electron chi connectivity index (χ0n) is 11.8. The standard InChI is InChI=1S/C17H11F3N2O/c18-17(19,20)12-6-2-1-5-11(12)9-10-15-16(23)22-14-8-4-3-7-13(14)21-15/h1-10H,(H,22,23). The summed E-state index contributed by atoms with van der Waals surface area (Å²) >= 11 is 0. The molecule has 2 aromatic carbocycles. The summed E-state index contributed by atoms with van der Waals surface area (Å²) in [6.45, 7) is 0. The molecule has 3 nitrogen and oxygen atoms in total. The van der Waals surface area contributed by atoms with Crippen molar-refractivity contribution in [3.05, 3.63) is 75.7 Å². The predicted octanol–water partition coefficient (Wildman–Crippen LogP) is 4.11. The van der Waals surface area contributed by atoms with Gasteiger partial charge in [-0.3, -0.25) is 4.79 Å². The summed E-state index contributed by atoms with van der Waals surface area (Å²) in [6.07, 6.45) is -1.92. The molecule has 0 spiro atoms. The van der Waals surface area contributed by atoms with Gasteiger partial charge in [-0.2, -0.15) is 13.2 Å². The lowest BCUT2D eigenvalue weighted by molar-refractivity contribution is -0.137. The average Bonchev–Trinajstić information content (AvgIpc) is 2.52. The normalized spacial score (nSPS) is 12.1. The van der Waals surface area contributed by atoms with Crippen LogP contribution in [-0.4, -0.2) is 9.97 Å². The molecule has 0 aliphatic heterocycles. The van der Waals surface area contributed by atoms with Crippen molar-refractivity contribution in [2.24, 2.45) is 0 Å². The van der Waals surface area contributed by atoms with E-state index in [0.29, 0.717) is 11.0 Å². The maximum absolute atomic E-state index is 12.9. The third-order valence-electron chi connectivity index (χ3n) is 3.31. The van der Waals surface area contributed by atoms with Crippen molar-refractivity contribution < 1.29 is 13.2 Å². The summed E-state index contributed by atoms with van der Waals surface area (Å²) in [6, 6.07) is 12.1. The minimum atomic E-state index is -4.45. The van der Waals surface area contributed by atoms with Gasteiger partial charge < -0.3 is 4.98 Å². The van der Waals surface area contributed by atoms with E-state index >= 15 is 0 Å². The topological polar surface area (TPSA) is 45.8 Å². The van der Waals surface area contributed by atoms with Crippen molar-refractivity contribution in [3.63, 3.8) is 0 Å². The second kappa shape index (κ2) is 5.72. The summed E-state index contributed by atoms with van der Waals surface area (Å²) in [7, 11) is 0. The summed E-state index contributed by atoms with van der Waals surface area (Å²) in [5, 5.41) is 0. The Labute approximate surface area is 129 Å². The van der Waals surface area contributed by atoms with Crippen molar-refractivity contribution in [3.8, 4) is 0 Å². The third-order valence-corrected chi connectivity index (χ3v) is 3.31. The molecule has 0 amide bonds.